The fourth-order valence-electron chi connectivity index (χ4n) is 4.02. The predicted octanol–water partition coefficient (Wildman–Crippen LogP) is 4.15. The third kappa shape index (κ3) is 3.62. The van der Waals surface area contributed by atoms with E-state index in [1.54, 1.807) is 0 Å². The molecule has 9 heteroatoms. The van der Waals surface area contributed by atoms with E-state index in [1.807, 2.05) is 54.2 Å². The molecular formula is C23H23N5O4. The summed E-state index contributed by atoms with van der Waals surface area (Å²) in [6.45, 7) is 3.07. The third-order valence-corrected chi connectivity index (χ3v) is 5.62. The first-order chi connectivity index (χ1) is 15.5. The molecule has 0 aliphatic carbocycles. The zero-order valence-corrected chi connectivity index (χ0v) is 18.1. The molecule has 164 valence electrons. The summed E-state index contributed by atoms with van der Waals surface area (Å²) in [4.78, 5) is 39.4. The number of urea groups is 1. The van der Waals surface area contributed by atoms with Crippen LogP contribution in [0.5, 0.6) is 0 Å². The van der Waals surface area contributed by atoms with Crippen LogP contribution in [0.4, 0.5) is 4.79 Å². The van der Waals surface area contributed by atoms with Gasteiger partial charge in [0, 0.05) is 54.1 Å². The van der Waals surface area contributed by atoms with Crippen molar-refractivity contribution in [1.29, 1.82) is 0 Å². The summed E-state index contributed by atoms with van der Waals surface area (Å²) in [5.41, 5.74) is 2.99. The minimum Gasteiger partial charge on any atom is -0.465 e. The highest BCUT2D eigenvalue weighted by Gasteiger charge is 2.22. The first-order valence-electron chi connectivity index (χ1n) is 10.2. The Kier molecular flexibility index (Phi) is 5.72. The van der Waals surface area contributed by atoms with Crippen molar-refractivity contribution in [3.63, 3.8) is 0 Å². The topological polar surface area (TPSA) is 106 Å². The van der Waals surface area contributed by atoms with Crippen molar-refractivity contribution in [3.8, 4) is 0 Å². The Hall–Kier alpha value is -4.01. The van der Waals surface area contributed by atoms with Gasteiger partial charge in [-0.3, -0.25) is 0 Å². The van der Waals surface area contributed by atoms with Crippen LogP contribution in [-0.4, -0.2) is 47.3 Å². The van der Waals surface area contributed by atoms with Gasteiger partial charge in [-0.15, -0.1) is 4.91 Å². The second-order valence-electron chi connectivity index (χ2n) is 7.54. The van der Waals surface area contributed by atoms with E-state index in [0.29, 0.717) is 35.6 Å². The summed E-state index contributed by atoms with van der Waals surface area (Å²) in [7, 11) is 2.67. The number of esters is 1. The highest BCUT2D eigenvalue weighted by molar-refractivity contribution is 6.23. The number of carbonyl (C=O) groups excluding carboxylic acids is 2. The van der Waals surface area contributed by atoms with Crippen LogP contribution in [-0.2, 0) is 11.3 Å². The lowest BCUT2D eigenvalue weighted by Gasteiger charge is -2.14. The maximum Gasteiger partial charge on any atom is 0.340 e. The Morgan fingerprint density at radius 3 is 2.72 bits per heavy atom. The zero-order chi connectivity index (χ0) is 22.8. The van der Waals surface area contributed by atoms with Gasteiger partial charge in [-0.2, -0.15) is 5.01 Å². The lowest BCUT2D eigenvalue weighted by Crippen LogP contribution is -2.34. The van der Waals surface area contributed by atoms with Crippen LogP contribution in [0, 0.1) is 11.8 Å². The number of hydrogen-bond donors (Lipinski definition) is 1. The fraction of sp³-hybridized carbons (Fsp3) is 0.261. The van der Waals surface area contributed by atoms with E-state index in [0.717, 1.165) is 32.6 Å². The second-order valence-corrected chi connectivity index (χ2v) is 7.54. The molecule has 0 spiro atoms. The summed E-state index contributed by atoms with van der Waals surface area (Å²) < 4.78 is 7.10. The van der Waals surface area contributed by atoms with E-state index >= 15 is 0 Å². The van der Waals surface area contributed by atoms with E-state index in [2.05, 4.69) is 10.6 Å². The molecular weight excluding hydrogens is 410 g/mol. The molecule has 2 heterocycles. The average molecular weight is 433 g/mol. The number of para-hydroxylation sites is 1. The lowest BCUT2D eigenvalue weighted by molar-refractivity contribution is 0.0605. The number of carbonyl (C=O) groups is 2. The Labute approximate surface area is 183 Å². The number of pyridine rings is 1. The standard InChI is InChI=1S/C23H23N5O4/c1-14-17-13-28(11-6-10-24-23(30)27(2)26-31)12-9-15(17)20(22(29)32-3)21-19(14)16-7-4-5-8-18(16)25-21/h4-5,7-9,12-13H,6,10-11H2,1-3H3,(H,24,30). The van der Waals surface area contributed by atoms with Gasteiger partial charge in [0.05, 0.1) is 29.0 Å². The van der Waals surface area contributed by atoms with Gasteiger partial charge in [0.15, 0.2) is 0 Å². The number of rotatable bonds is 6. The molecule has 0 atom stereocenters. The first kappa shape index (κ1) is 21.2. The second kappa shape index (κ2) is 8.62. The number of benzene rings is 2. The van der Waals surface area contributed by atoms with Crippen LogP contribution >= 0.6 is 0 Å². The molecule has 4 aromatic rings. The molecule has 0 unspecified atom stereocenters. The van der Waals surface area contributed by atoms with Gasteiger partial charge in [0.1, 0.15) is 0 Å². The molecule has 0 aliphatic rings. The fourth-order valence-corrected chi connectivity index (χ4v) is 4.02. The van der Waals surface area contributed by atoms with Gasteiger partial charge < -0.3 is 14.6 Å². The summed E-state index contributed by atoms with van der Waals surface area (Å²) >= 11 is 0. The molecule has 4 rings (SSSR count). The Balaban J connectivity index is 1.74. The van der Waals surface area contributed by atoms with E-state index in [9.17, 15) is 14.5 Å². The Morgan fingerprint density at radius 1 is 1.19 bits per heavy atom. The summed E-state index contributed by atoms with van der Waals surface area (Å²) in [5.74, 6) is -0.420. The number of hydrogen-bond acceptors (Lipinski definition) is 6. The van der Waals surface area contributed by atoms with Crippen LogP contribution in [0.3, 0.4) is 0 Å². The monoisotopic (exact) mass is 433 g/mol. The smallest absolute Gasteiger partial charge is 0.340 e. The van der Waals surface area contributed by atoms with E-state index < -0.39 is 12.0 Å². The molecule has 2 aromatic carbocycles. The number of ether oxygens (including phenoxy) is 1. The highest BCUT2D eigenvalue weighted by atomic mass is 16.5. The van der Waals surface area contributed by atoms with Crippen LogP contribution in [0.15, 0.2) is 48.0 Å². The number of amides is 2. The van der Waals surface area contributed by atoms with Crippen molar-refractivity contribution in [3.05, 3.63) is 58.8 Å². The molecule has 1 N–H and O–H groups in total. The zero-order valence-electron chi connectivity index (χ0n) is 18.1. The minimum absolute atomic E-state index is 0.395. The van der Waals surface area contributed by atoms with Gasteiger partial charge in [-0.25, -0.2) is 14.6 Å². The van der Waals surface area contributed by atoms with Gasteiger partial charge in [0.25, 0.3) is 0 Å². The molecule has 0 bridgehead atoms. The normalized spacial score (nSPS) is 11.1. The van der Waals surface area contributed by atoms with Gasteiger partial charge >= 0.3 is 12.0 Å². The highest BCUT2D eigenvalue weighted by Crippen LogP contribution is 2.37. The van der Waals surface area contributed by atoms with Crippen LogP contribution in [0.2, 0.25) is 0 Å². The summed E-state index contributed by atoms with van der Waals surface area (Å²) in [6.07, 6.45) is 4.55. The van der Waals surface area contributed by atoms with Crippen molar-refractivity contribution >= 4 is 44.6 Å². The maximum absolute atomic E-state index is 12.7. The lowest BCUT2D eigenvalue weighted by atomic mass is 9.96. The molecule has 2 aromatic heterocycles. The molecule has 0 saturated carbocycles. The number of nitrogens with zero attached hydrogens (tertiary/aromatic N) is 4. The number of aromatic nitrogens is 2. The van der Waals surface area contributed by atoms with Crippen LogP contribution in [0.25, 0.3) is 32.6 Å². The summed E-state index contributed by atoms with van der Waals surface area (Å²) in [5, 5.41) is 9.58. The van der Waals surface area contributed by atoms with Crippen LogP contribution in [0.1, 0.15) is 22.3 Å². The minimum atomic E-state index is -0.542. The average Bonchev–Trinajstić information content (AvgIpc) is 3.20. The first-order valence-corrected chi connectivity index (χ1v) is 10.2. The van der Waals surface area contributed by atoms with E-state index in [1.165, 1.54) is 14.2 Å². The van der Waals surface area contributed by atoms with Gasteiger partial charge in [-0.05, 0) is 31.0 Å². The molecule has 0 aliphatic heterocycles. The number of fused-ring (bicyclic) bond motifs is 4. The SMILES string of the molecule is COC(=O)c1c2ccn(CCCNC(=O)N(C)N=O)cc2c(C)c2c1nc1ccccc12. The van der Waals surface area contributed by atoms with Crippen molar-refractivity contribution in [2.75, 3.05) is 20.7 Å². The molecule has 2 amide bonds. The molecule has 9 nitrogen and oxygen atoms in total. The number of methoxy groups -OCH3 is 1. The molecule has 0 radical (unpaired) electrons. The van der Waals surface area contributed by atoms with Crippen LogP contribution < -0.4 is 5.32 Å². The van der Waals surface area contributed by atoms with Gasteiger partial charge in [-0.1, -0.05) is 18.2 Å². The van der Waals surface area contributed by atoms with Crippen molar-refractivity contribution in [2.45, 2.75) is 19.9 Å². The van der Waals surface area contributed by atoms with Crippen molar-refractivity contribution in [1.82, 2.24) is 19.9 Å². The predicted molar refractivity (Wildman–Crippen MR) is 122 cm³/mol. The number of nitrogens with one attached hydrogen (secondary N) is 1. The molecule has 32 heavy (non-hydrogen) atoms. The van der Waals surface area contributed by atoms with Gasteiger partial charge in [0.2, 0.25) is 0 Å². The van der Waals surface area contributed by atoms with E-state index in [-0.39, 0.29) is 0 Å². The Bertz CT molecular complexity index is 1360. The van der Waals surface area contributed by atoms with E-state index in [4.69, 9.17) is 9.72 Å². The van der Waals surface area contributed by atoms with Crippen molar-refractivity contribution in [2.24, 2.45) is 5.29 Å². The van der Waals surface area contributed by atoms with Crippen molar-refractivity contribution < 1.29 is 14.3 Å². The molecule has 0 fully saturated rings. The third-order valence-electron chi connectivity index (χ3n) is 5.62. The maximum atomic E-state index is 12.7. The number of aryl methyl sites for hydroxylation is 2. The quantitative estimate of drug-likeness (QED) is 0.213. The summed E-state index contributed by atoms with van der Waals surface area (Å²) in [6, 6.07) is 9.19. The largest absolute Gasteiger partial charge is 0.465 e. The molecule has 0 saturated heterocycles. The Morgan fingerprint density at radius 2 is 1.97 bits per heavy atom. The number of nitroso groups, excluding NO2 is 1.